The fourth-order valence-electron chi connectivity index (χ4n) is 1.23. The summed E-state index contributed by atoms with van der Waals surface area (Å²) in [7, 11) is 0.189. The van der Waals surface area contributed by atoms with Crippen LogP contribution in [0.3, 0.4) is 0 Å². The molecule has 0 aliphatic heterocycles. The van der Waals surface area contributed by atoms with Crippen LogP contribution in [-0.2, 0) is 4.43 Å². The average molecular weight is 336 g/mol. The van der Waals surface area contributed by atoms with E-state index in [-0.39, 0.29) is 4.11 Å². The van der Waals surface area contributed by atoms with E-state index < -0.39 is 8.32 Å². The van der Waals surface area contributed by atoms with Crippen LogP contribution in [0.5, 0.6) is 5.75 Å². The minimum Gasteiger partial charge on any atom is -0.496 e. The number of ether oxygens (including phenoxy) is 1. The molecule has 1 unspecified atom stereocenters. The third-order valence-electron chi connectivity index (χ3n) is 1.84. The average Bonchev–Trinajstić information content (AvgIpc) is 2.15. The van der Waals surface area contributed by atoms with Crippen LogP contribution < -0.4 is 4.74 Å². The van der Waals surface area contributed by atoms with Crippen molar-refractivity contribution in [3.05, 3.63) is 29.8 Å². The maximum Gasteiger partial charge on any atom is 0.185 e. The Hall–Kier alpha value is -0.0731. The van der Waals surface area contributed by atoms with E-state index in [2.05, 4.69) is 48.3 Å². The van der Waals surface area contributed by atoms with Crippen LogP contribution in [0.15, 0.2) is 24.3 Å². The van der Waals surface area contributed by atoms with E-state index >= 15 is 0 Å². The van der Waals surface area contributed by atoms with Crippen molar-refractivity contribution in [2.24, 2.45) is 0 Å². The molecule has 0 N–H and O–H groups in total. The van der Waals surface area contributed by atoms with Gasteiger partial charge in [-0.15, -0.1) is 0 Å². The van der Waals surface area contributed by atoms with Gasteiger partial charge in [0.2, 0.25) is 0 Å². The van der Waals surface area contributed by atoms with Gasteiger partial charge in [0.15, 0.2) is 8.32 Å². The summed E-state index contributed by atoms with van der Waals surface area (Å²) in [5.41, 5.74) is 1.11. The van der Waals surface area contributed by atoms with Crippen molar-refractivity contribution < 1.29 is 9.16 Å². The molecule has 4 heteroatoms. The third-order valence-corrected chi connectivity index (χ3v) is 4.19. The molecular weight excluding hydrogens is 319 g/mol. The van der Waals surface area contributed by atoms with Gasteiger partial charge in [-0.3, -0.25) is 0 Å². The lowest BCUT2D eigenvalue weighted by Crippen LogP contribution is -2.26. The van der Waals surface area contributed by atoms with Crippen molar-refractivity contribution in [2.45, 2.75) is 23.8 Å². The summed E-state index contributed by atoms with van der Waals surface area (Å²) in [6.07, 6.45) is 0. The van der Waals surface area contributed by atoms with Gasteiger partial charge in [0.1, 0.15) is 9.86 Å². The van der Waals surface area contributed by atoms with E-state index in [0.29, 0.717) is 0 Å². The molecule has 0 aliphatic rings. The highest BCUT2D eigenvalue weighted by atomic mass is 127. The van der Waals surface area contributed by atoms with Crippen LogP contribution in [0.4, 0.5) is 0 Å². The number of halogens is 1. The van der Waals surface area contributed by atoms with Crippen LogP contribution in [0.25, 0.3) is 0 Å². The SMILES string of the molecule is COc1ccccc1C(I)O[Si](C)(C)C. The Balaban J connectivity index is 2.86. The topological polar surface area (TPSA) is 18.5 Å². The number of hydrogen-bond donors (Lipinski definition) is 0. The molecule has 0 saturated carbocycles. The molecule has 2 nitrogen and oxygen atoms in total. The normalized spacial score (nSPS) is 13.7. The molecule has 0 radical (unpaired) electrons. The second-order valence-electron chi connectivity index (χ2n) is 4.29. The summed E-state index contributed by atoms with van der Waals surface area (Å²) in [5.74, 6) is 0.898. The molecule has 0 aliphatic carbocycles. The number of hydrogen-bond acceptors (Lipinski definition) is 2. The van der Waals surface area contributed by atoms with Gasteiger partial charge < -0.3 is 9.16 Å². The first-order valence-electron chi connectivity index (χ1n) is 4.89. The molecule has 0 spiro atoms. The molecule has 0 saturated heterocycles. The van der Waals surface area contributed by atoms with Crippen molar-refractivity contribution in [1.82, 2.24) is 0 Å². The molecule has 0 bridgehead atoms. The first kappa shape index (κ1) is 13.0. The van der Waals surface area contributed by atoms with Crippen molar-refractivity contribution in [3.8, 4) is 5.75 Å². The Labute approximate surface area is 106 Å². The largest absolute Gasteiger partial charge is 0.496 e. The first-order chi connectivity index (χ1) is 6.94. The quantitative estimate of drug-likeness (QED) is 0.470. The molecule has 0 heterocycles. The minimum atomic E-state index is -1.50. The predicted molar refractivity (Wildman–Crippen MR) is 74.2 cm³/mol. The van der Waals surface area contributed by atoms with E-state index in [1.54, 1.807) is 7.11 Å². The van der Waals surface area contributed by atoms with Gasteiger partial charge in [-0.1, -0.05) is 18.2 Å². The lowest BCUT2D eigenvalue weighted by molar-refractivity contribution is 0.294. The van der Waals surface area contributed by atoms with Gasteiger partial charge in [0.05, 0.1) is 7.11 Å². The van der Waals surface area contributed by atoms with Crippen LogP contribution in [0.1, 0.15) is 9.67 Å². The lowest BCUT2D eigenvalue weighted by atomic mass is 10.2. The van der Waals surface area contributed by atoms with Crippen molar-refractivity contribution in [1.29, 1.82) is 0 Å². The number of methoxy groups -OCH3 is 1. The van der Waals surface area contributed by atoms with Crippen molar-refractivity contribution >= 4 is 30.9 Å². The molecule has 1 aromatic rings. The Bertz CT molecular complexity index is 323. The standard InChI is InChI=1S/C11H17IO2Si/c1-13-10-8-6-5-7-9(10)11(12)14-15(2,3)4/h5-8,11H,1-4H3. The number of para-hydroxylation sites is 1. The Morgan fingerprint density at radius 1 is 1.20 bits per heavy atom. The van der Waals surface area contributed by atoms with E-state index in [1.165, 1.54) is 0 Å². The van der Waals surface area contributed by atoms with E-state index in [4.69, 9.17) is 9.16 Å². The van der Waals surface area contributed by atoms with E-state index in [9.17, 15) is 0 Å². The Morgan fingerprint density at radius 2 is 1.80 bits per heavy atom. The first-order valence-corrected chi connectivity index (χ1v) is 9.54. The van der Waals surface area contributed by atoms with Crippen LogP contribution >= 0.6 is 22.6 Å². The maximum absolute atomic E-state index is 6.01. The number of benzene rings is 1. The van der Waals surface area contributed by atoms with Gasteiger partial charge in [0.25, 0.3) is 0 Å². The molecule has 1 aromatic carbocycles. The summed E-state index contributed by atoms with van der Waals surface area (Å²) in [6.45, 7) is 6.57. The fourth-order valence-corrected chi connectivity index (χ4v) is 4.78. The zero-order valence-electron chi connectivity index (χ0n) is 9.58. The van der Waals surface area contributed by atoms with Gasteiger partial charge >= 0.3 is 0 Å². The second kappa shape index (κ2) is 5.31. The molecule has 0 fully saturated rings. The van der Waals surface area contributed by atoms with Gasteiger partial charge in [0, 0.05) is 5.56 Å². The zero-order valence-corrected chi connectivity index (χ0v) is 12.7. The van der Waals surface area contributed by atoms with Gasteiger partial charge in [-0.2, -0.15) is 0 Å². The van der Waals surface area contributed by atoms with Crippen LogP contribution in [0.2, 0.25) is 19.6 Å². The Morgan fingerprint density at radius 3 is 2.33 bits per heavy atom. The summed E-state index contributed by atoms with van der Waals surface area (Å²) in [5, 5.41) is 0. The van der Waals surface area contributed by atoms with Crippen molar-refractivity contribution in [3.63, 3.8) is 0 Å². The fraction of sp³-hybridized carbons (Fsp3) is 0.455. The molecule has 0 amide bonds. The highest BCUT2D eigenvalue weighted by Crippen LogP contribution is 2.34. The molecule has 1 rings (SSSR count). The highest BCUT2D eigenvalue weighted by Gasteiger charge is 2.22. The monoisotopic (exact) mass is 336 g/mol. The van der Waals surface area contributed by atoms with E-state index in [1.807, 2.05) is 18.2 Å². The highest BCUT2D eigenvalue weighted by molar-refractivity contribution is 14.1. The number of rotatable bonds is 4. The van der Waals surface area contributed by atoms with Crippen LogP contribution in [-0.4, -0.2) is 15.4 Å². The van der Waals surface area contributed by atoms with E-state index in [0.717, 1.165) is 11.3 Å². The molecular formula is C11H17IO2Si. The van der Waals surface area contributed by atoms with Gasteiger partial charge in [-0.25, -0.2) is 0 Å². The molecule has 84 valence electrons. The number of alkyl halides is 1. The summed E-state index contributed by atoms with van der Waals surface area (Å²) in [6, 6.07) is 8.00. The summed E-state index contributed by atoms with van der Waals surface area (Å²) >= 11 is 2.31. The summed E-state index contributed by atoms with van der Waals surface area (Å²) < 4.78 is 11.4. The smallest absolute Gasteiger partial charge is 0.185 e. The van der Waals surface area contributed by atoms with Gasteiger partial charge in [-0.05, 0) is 48.3 Å². The summed E-state index contributed by atoms with van der Waals surface area (Å²) in [4.78, 5) is 0. The maximum atomic E-state index is 6.01. The van der Waals surface area contributed by atoms with Crippen LogP contribution in [0, 0.1) is 0 Å². The minimum absolute atomic E-state index is 0.0745. The third kappa shape index (κ3) is 4.12. The second-order valence-corrected chi connectivity index (χ2v) is 9.88. The molecule has 0 aromatic heterocycles. The lowest BCUT2D eigenvalue weighted by Gasteiger charge is -2.23. The molecule has 1 atom stereocenters. The van der Waals surface area contributed by atoms with Crippen molar-refractivity contribution in [2.75, 3.05) is 7.11 Å². The zero-order chi connectivity index (χ0) is 11.5. The Kier molecular flexibility index (Phi) is 4.60. The molecule has 15 heavy (non-hydrogen) atoms. The predicted octanol–water partition coefficient (Wildman–Crippen LogP) is 3.98.